The predicted octanol–water partition coefficient (Wildman–Crippen LogP) is 2.41. The number of ether oxygens (including phenoxy) is 1. The number of rotatable bonds is 10. The first-order valence-corrected chi connectivity index (χ1v) is 8.03. The van der Waals surface area contributed by atoms with Crippen LogP contribution in [0.15, 0.2) is 24.3 Å². The molecule has 120 valence electrons. The Bertz CT molecular complexity index is 391. The topological polar surface area (TPSA) is 50.5 Å². The van der Waals surface area contributed by atoms with Crippen molar-refractivity contribution in [3.05, 3.63) is 29.8 Å². The standard InChI is InChI=1S/C17H31N3O/c1-5-20(6-2)11-10-19-17(13-18)15-8-7-9-16(12-15)21-14(3)4/h7-9,12,14,17,19H,5-6,10-11,13,18H2,1-4H3. The summed E-state index contributed by atoms with van der Waals surface area (Å²) in [4.78, 5) is 2.40. The Hall–Kier alpha value is -1.10. The van der Waals surface area contributed by atoms with Gasteiger partial charge >= 0.3 is 0 Å². The number of nitrogens with zero attached hydrogens (tertiary/aromatic N) is 1. The molecule has 0 aliphatic heterocycles. The average molecular weight is 293 g/mol. The van der Waals surface area contributed by atoms with Crippen LogP contribution in [0.2, 0.25) is 0 Å². The number of nitrogens with one attached hydrogen (secondary N) is 1. The second kappa shape index (κ2) is 9.77. The summed E-state index contributed by atoms with van der Waals surface area (Å²) in [5.41, 5.74) is 7.11. The molecular formula is C17H31N3O. The van der Waals surface area contributed by atoms with Crippen molar-refractivity contribution in [1.29, 1.82) is 0 Å². The van der Waals surface area contributed by atoms with Gasteiger partial charge in [-0.15, -0.1) is 0 Å². The maximum Gasteiger partial charge on any atom is 0.120 e. The van der Waals surface area contributed by atoms with Gasteiger partial charge < -0.3 is 20.7 Å². The third-order valence-electron chi connectivity index (χ3n) is 3.58. The molecule has 1 aromatic carbocycles. The van der Waals surface area contributed by atoms with Crippen molar-refractivity contribution < 1.29 is 4.74 Å². The van der Waals surface area contributed by atoms with Gasteiger partial charge in [0, 0.05) is 25.7 Å². The van der Waals surface area contributed by atoms with E-state index in [1.165, 1.54) is 5.56 Å². The first kappa shape index (κ1) is 18.0. The molecule has 3 N–H and O–H groups in total. The van der Waals surface area contributed by atoms with E-state index in [-0.39, 0.29) is 12.1 Å². The molecule has 0 aliphatic carbocycles. The van der Waals surface area contributed by atoms with Crippen LogP contribution in [0.5, 0.6) is 5.75 Å². The van der Waals surface area contributed by atoms with E-state index in [4.69, 9.17) is 10.5 Å². The Labute approximate surface area is 129 Å². The summed E-state index contributed by atoms with van der Waals surface area (Å²) in [7, 11) is 0. The Kier molecular flexibility index (Phi) is 8.35. The molecule has 21 heavy (non-hydrogen) atoms. The normalized spacial score (nSPS) is 12.9. The minimum Gasteiger partial charge on any atom is -0.491 e. The van der Waals surface area contributed by atoms with Gasteiger partial charge in [0.15, 0.2) is 0 Å². The fraction of sp³-hybridized carbons (Fsp3) is 0.647. The fourth-order valence-electron chi connectivity index (χ4n) is 2.35. The van der Waals surface area contributed by atoms with E-state index in [0.717, 1.165) is 31.9 Å². The van der Waals surface area contributed by atoms with Gasteiger partial charge in [-0.3, -0.25) is 0 Å². The third kappa shape index (κ3) is 6.46. The molecule has 0 amide bonds. The lowest BCUT2D eigenvalue weighted by Gasteiger charge is -2.22. The van der Waals surface area contributed by atoms with Crippen LogP contribution in [0.3, 0.4) is 0 Å². The molecular weight excluding hydrogens is 262 g/mol. The van der Waals surface area contributed by atoms with E-state index in [1.54, 1.807) is 0 Å². The van der Waals surface area contributed by atoms with Gasteiger partial charge in [0.25, 0.3) is 0 Å². The monoisotopic (exact) mass is 293 g/mol. The highest BCUT2D eigenvalue weighted by Gasteiger charge is 2.10. The van der Waals surface area contributed by atoms with E-state index >= 15 is 0 Å². The summed E-state index contributed by atoms with van der Waals surface area (Å²) >= 11 is 0. The zero-order chi connectivity index (χ0) is 15.7. The summed E-state index contributed by atoms with van der Waals surface area (Å²) in [5.74, 6) is 0.909. The highest BCUT2D eigenvalue weighted by atomic mass is 16.5. The van der Waals surface area contributed by atoms with Crippen molar-refractivity contribution >= 4 is 0 Å². The lowest BCUT2D eigenvalue weighted by molar-refractivity contribution is 0.242. The summed E-state index contributed by atoms with van der Waals surface area (Å²) in [6, 6.07) is 8.39. The lowest BCUT2D eigenvalue weighted by atomic mass is 10.1. The van der Waals surface area contributed by atoms with Gasteiger partial charge in [-0.1, -0.05) is 26.0 Å². The minimum absolute atomic E-state index is 0.177. The zero-order valence-corrected chi connectivity index (χ0v) is 13.9. The molecule has 0 bridgehead atoms. The molecule has 1 unspecified atom stereocenters. The molecule has 0 fully saturated rings. The summed E-state index contributed by atoms with van der Waals surface area (Å²) < 4.78 is 5.75. The molecule has 1 rings (SSSR count). The Morgan fingerprint density at radius 1 is 1.24 bits per heavy atom. The minimum atomic E-state index is 0.177. The molecule has 0 radical (unpaired) electrons. The van der Waals surface area contributed by atoms with Crippen LogP contribution < -0.4 is 15.8 Å². The molecule has 1 aromatic rings. The first-order chi connectivity index (χ1) is 10.1. The van der Waals surface area contributed by atoms with Crippen LogP contribution >= 0.6 is 0 Å². The van der Waals surface area contributed by atoms with Gasteiger partial charge in [0.05, 0.1) is 6.10 Å². The molecule has 4 heteroatoms. The molecule has 0 saturated heterocycles. The van der Waals surface area contributed by atoms with Crippen molar-refractivity contribution in [2.75, 3.05) is 32.7 Å². The predicted molar refractivity (Wildman–Crippen MR) is 89.8 cm³/mol. The molecule has 0 aromatic heterocycles. The van der Waals surface area contributed by atoms with Crippen LogP contribution in [0.4, 0.5) is 0 Å². The van der Waals surface area contributed by atoms with Crippen LogP contribution in [-0.2, 0) is 0 Å². The summed E-state index contributed by atoms with van der Waals surface area (Å²) in [6.45, 7) is 13.2. The van der Waals surface area contributed by atoms with Gasteiger partial charge in [-0.2, -0.15) is 0 Å². The van der Waals surface area contributed by atoms with Gasteiger partial charge in [0.1, 0.15) is 5.75 Å². The number of nitrogens with two attached hydrogens (primary N) is 1. The fourth-order valence-corrected chi connectivity index (χ4v) is 2.35. The van der Waals surface area contributed by atoms with Crippen LogP contribution in [0, 0.1) is 0 Å². The van der Waals surface area contributed by atoms with Gasteiger partial charge in [-0.25, -0.2) is 0 Å². The number of hydrogen-bond donors (Lipinski definition) is 2. The molecule has 4 nitrogen and oxygen atoms in total. The van der Waals surface area contributed by atoms with Crippen molar-refractivity contribution in [3.63, 3.8) is 0 Å². The van der Waals surface area contributed by atoms with Gasteiger partial charge in [-0.05, 0) is 44.6 Å². The van der Waals surface area contributed by atoms with E-state index in [9.17, 15) is 0 Å². The molecule has 0 heterocycles. The molecule has 0 saturated carbocycles. The maximum absolute atomic E-state index is 5.92. The smallest absolute Gasteiger partial charge is 0.120 e. The van der Waals surface area contributed by atoms with E-state index in [2.05, 4.69) is 36.2 Å². The van der Waals surface area contributed by atoms with Crippen LogP contribution in [-0.4, -0.2) is 43.7 Å². The molecule has 0 aliphatic rings. The average Bonchev–Trinajstić information content (AvgIpc) is 2.47. The van der Waals surface area contributed by atoms with Crippen LogP contribution in [0.1, 0.15) is 39.3 Å². The van der Waals surface area contributed by atoms with E-state index in [0.29, 0.717) is 6.54 Å². The maximum atomic E-state index is 5.92. The highest BCUT2D eigenvalue weighted by molar-refractivity contribution is 5.31. The van der Waals surface area contributed by atoms with E-state index in [1.807, 2.05) is 26.0 Å². The Balaban J connectivity index is 2.58. The van der Waals surface area contributed by atoms with Gasteiger partial charge in [0.2, 0.25) is 0 Å². The van der Waals surface area contributed by atoms with Crippen LogP contribution in [0.25, 0.3) is 0 Å². The van der Waals surface area contributed by atoms with Crippen molar-refractivity contribution in [3.8, 4) is 5.75 Å². The number of hydrogen-bond acceptors (Lipinski definition) is 4. The second-order valence-electron chi connectivity index (χ2n) is 5.51. The first-order valence-electron chi connectivity index (χ1n) is 8.03. The SMILES string of the molecule is CCN(CC)CCNC(CN)c1cccc(OC(C)C)c1. The molecule has 0 spiro atoms. The summed E-state index contributed by atoms with van der Waals surface area (Å²) in [5, 5.41) is 3.54. The third-order valence-corrected chi connectivity index (χ3v) is 3.58. The number of likely N-dealkylation sites (N-methyl/N-ethyl adjacent to an activating group) is 1. The zero-order valence-electron chi connectivity index (χ0n) is 13.9. The lowest BCUT2D eigenvalue weighted by Crippen LogP contribution is -2.36. The van der Waals surface area contributed by atoms with Crippen molar-refractivity contribution in [1.82, 2.24) is 10.2 Å². The Morgan fingerprint density at radius 3 is 2.52 bits per heavy atom. The summed E-state index contributed by atoms with van der Waals surface area (Å²) in [6.07, 6.45) is 0.187. The Morgan fingerprint density at radius 2 is 1.95 bits per heavy atom. The second-order valence-corrected chi connectivity index (χ2v) is 5.51. The van der Waals surface area contributed by atoms with E-state index < -0.39 is 0 Å². The molecule has 1 atom stereocenters. The quantitative estimate of drug-likeness (QED) is 0.695. The largest absolute Gasteiger partial charge is 0.491 e. The van der Waals surface area contributed by atoms with Crippen molar-refractivity contribution in [2.24, 2.45) is 5.73 Å². The van der Waals surface area contributed by atoms with Crippen molar-refractivity contribution in [2.45, 2.75) is 39.8 Å². The number of benzene rings is 1. The highest BCUT2D eigenvalue weighted by Crippen LogP contribution is 2.19.